The quantitative estimate of drug-likeness (QED) is 0.516. The normalized spacial score (nSPS) is 24.9. The third-order valence-electron chi connectivity index (χ3n) is 1.67. The van der Waals surface area contributed by atoms with Crippen LogP contribution >= 0.6 is 0 Å². The van der Waals surface area contributed by atoms with E-state index < -0.39 is 0 Å². The molecule has 1 fully saturated rings. The van der Waals surface area contributed by atoms with Gasteiger partial charge in [-0.05, 0) is 6.92 Å². The van der Waals surface area contributed by atoms with E-state index in [1.807, 2.05) is 6.92 Å². The fourth-order valence-corrected chi connectivity index (χ4v) is 1.11. The smallest absolute Gasteiger partial charge is 0.409 e. The van der Waals surface area contributed by atoms with E-state index in [-0.39, 0.29) is 12.2 Å². The zero-order valence-corrected chi connectivity index (χ0v) is 6.87. The minimum absolute atomic E-state index is 0.128. The van der Waals surface area contributed by atoms with Gasteiger partial charge in [-0.2, -0.15) is 0 Å². The number of hydrogen-bond donors (Lipinski definition) is 0. The summed E-state index contributed by atoms with van der Waals surface area (Å²) in [5, 5.41) is 0. The van der Waals surface area contributed by atoms with Crippen molar-refractivity contribution in [3.63, 3.8) is 0 Å². The van der Waals surface area contributed by atoms with E-state index in [9.17, 15) is 4.79 Å². The molecule has 1 heterocycles. The Kier molecular flexibility index (Phi) is 2.70. The summed E-state index contributed by atoms with van der Waals surface area (Å²) >= 11 is 0. The summed E-state index contributed by atoms with van der Waals surface area (Å²) in [4.78, 5) is 12.6. The Morgan fingerprint density at radius 1 is 1.73 bits per heavy atom. The molecule has 1 aliphatic rings. The number of carbonyl (C=O) groups excluding carboxylic acids is 1. The lowest BCUT2D eigenvalue weighted by atomic mass is 10.3. The van der Waals surface area contributed by atoms with Crippen molar-refractivity contribution in [2.75, 3.05) is 26.8 Å². The number of ether oxygens (including phenoxy) is 2. The number of morpholine rings is 1. The SMILES string of the molecule is COC(=O)N1CCO[C@H](C)C1. The summed E-state index contributed by atoms with van der Waals surface area (Å²) in [5.74, 6) is 0. The number of carbonyl (C=O) groups is 1. The van der Waals surface area contributed by atoms with Crippen LogP contribution in [0, 0.1) is 0 Å². The average Bonchev–Trinajstić information content (AvgIpc) is 2.03. The van der Waals surface area contributed by atoms with Crippen molar-refractivity contribution in [3.8, 4) is 0 Å². The third-order valence-corrected chi connectivity index (χ3v) is 1.67. The third kappa shape index (κ3) is 2.08. The summed E-state index contributed by atoms with van der Waals surface area (Å²) in [6.45, 7) is 3.81. The predicted octanol–water partition coefficient (Wildman–Crippen LogP) is 0.474. The zero-order valence-electron chi connectivity index (χ0n) is 6.87. The Hall–Kier alpha value is -0.770. The summed E-state index contributed by atoms with van der Waals surface area (Å²) in [6.07, 6.45) is -0.136. The highest BCUT2D eigenvalue weighted by atomic mass is 16.5. The Bertz CT molecular complexity index is 149. The van der Waals surface area contributed by atoms with E-state index in [0.29, 0.717) is 19.7 Å². The van der Waals surface area contributed by atoms with Gasteiger partial charge >= 0.3 is 6.09 Å². The molecule has 4 nitrogen and oxygen atoms in total. The van der Waals surface area contributed by atoms with Crippen molar-refractivity contribution in [3.05, 3.63) is 0 Å². The van der Waals surface area contributed by atoms with Gasteiger partial charge in [0.2, 0.25) is 0 Å². The molecule has 0 aliphatic carbocycles. The second-order valence-corrected chi connectivity index (χ2v) is 2.60. The molecule has 0 saturated carbocycles. The van der Waals surface area contributed by atoms with E-state index in [1.54, 1.807) is 4.90 Å². The van der Waals surface area contributed by atoms with Crippen LogP contribution in [-0.4, -0.2) is 43.9 Å². The standard InChI is InChI=1S/C7H13NO3/c1-6-5-8(3-4-11-6)7(9)10-2/h6H,3-5H2,1-2H3/t6-/m1/s1. The Labute approximate surface area is 66.1 Å². The lowest BCUT2D eigenvalue weighted by Gasteiger charge is -2.29. The molecule has 1 amide bonds. The summed E-state index contributed by atoms with van der Waals surface area (Å²) in [7, 11) is 1.39. The van der Waals surface area contributed by atoms with Gasteiger partial charge in [0.05, 0.1) is 26.4 Å². The van der Waals surface area contributed by atoms with E-state index in [0.717, 1.165) is 0 Å². The van der Waals surface area contributed by atoms with Gasteiger partial charge in [-0.15, -0.1) is 0 Å². The van der Waals surface area contributed by atoms with E-state index in [2.05, 4.69) is 4.74 Å². The van der Waals surface area contributed by atoms with Crippen LogP contribution in [0.25, 0.3) is 0 Å². The molecule has 1 rings (SSSR count). The van der Waals surface area contributed by atoms with Gasteiger partial charge in [-0.1, -0.05) is 0 Å². The largest absolute Gasteiger partial charge is 0.453 e. The van der Waals surface area contributed by atoms with Crippen LogP contribution in [0.4, 0.5) is 4.79 Å². The van der Waals surface area contributed by atoms with Gasteiger partial charge < -0.3 is 14.4 Å². The van der Waals surface area contributed by atoms with Crippen LogP contribution in [0.1, 0.15) is 6.92 Å². The second-order valence-electron chi connectivity index (χ2n) is 2.60. The highest BCUT2D eigenvalue weighted by Crippen LogP contribution is 2.04. The Morgan fingerprint density at radius 3 is 3.00 bits per heavy atom. The number of nitrogens with zero attached hydrogens (tertiary/aromatic N) is 1. The van der Waals surface area contributed by atoms with Crippen LogP contribution in [0.2, 0.25) is 0 Å². The highest BCUT2D eigenvalue weighted by molar-refractivity contribution is 5.67. The van der Waals surface area contributed by atoms with Crippen molar-refractivity contribution in [2.24, 2.45) is 0 Å². The molecule has 11 heavy (non-hydrogen) atoms. The molecular formula is C7H13NO3. The summed E-state index contributed by atoms with van der Waals surface area (Å²) < 4.78 is 9.82. The van der Waals surface area contributed by atoms with E-state index in [1.165, 1.54) is 7.11 Å². The number of rotatable bonds is 0. The van der Waals surface area contributed by atoms with Crippen molar-refractivity contribution >= 4 is 6.09 Å². The first kappa shape index (κ1) is 8.33. The zero-order chi connectivity index (χ0) is 8.27. The fraction of sp³-hybridized carbons (Fsp3) is 0.857. The van der Waals surface area contributed by atoms with Gasteiger partial charge in [0, 0.05) is 6.54 Å². The second kappa shape index (κ2) is 3.57. The van der Waals surface area contributed by atoms with Gasteiger partial charge in [0.15, 0.2) is 0 Å². The van der Waals surface area contributed by atoms with Crippen LogP contribution < -0.4 is 0 Å². The molecular weight excluding hydrogens is 146 g/mol. The molecule has 0 unspecified atom stereocenters. The Balaban J connectivity index is 2.39. The lowest BCUT2D eigenvalue weighted by Crippen LogP contribution is -2.44. The first-order chi connectivity index (χ1) is 5.24. The van der Waals surface area contributed by atoms with Crippen LogP contribution in [0.3, 0.4) is 0 Å². The fourth-order valence-electron chi connectivity index (χ4n) is 1.11. The molecule has 1 saturated heterocycles. The minimum Gasteiger partial charge on any atom is -0.453 e. The maximum Gasteiger partial charge on any atom is 0.409 e. The highest BCUT2D eigenvalue weighted by Gasteiger charge is 2.21. The molecule has 0 radical (unpaired) electrons. The minimum atomic E-state index is -0.264. The van der Waals surface area contributed by atoms with Crippen molar-refractivity contribution < 1.29 is 14.3 Å². The van der Waals surface area contributed by atoms with Gasteiger partial charge in [-0.25, -0.2) is 4.79 Å². The van der Waals surface area contributed by atoms with Gasteiger partial charge in [-0.3, -0.25) is 0 Å². The summed E-state index contributed by atoms with van der Waals surface area (Å²) in [5.41, 5.74) is 0. The number of methoxy groups -OCH3 is 1. The van der Waals surface area contributed by atoms with Crippen LogP contribution in [-0.2, 0) is 9.47 Å². The topological polar surface area (TPSA) is 38.8 Å². The molecule has 4 heteroatoms. The maximum absolute atomic E-state index is 11.0. The summed E-state index contributed by atoms with van der Waals surface area (Å²) in [6, 6.07) is 0. The van der Waals surface area contributed by atoms with Gasteiger partial charge in [0.25, 0.3) is 0 Å². The van der Waals surface area contributed by atoms with Crippen molar-refractivity contribution in [2.45, 2.75) is 13.0 Å². The molecule has 0 aromatic carbocycles. The lowest BCUT2D eigenvalue weighted by molar-refractivity contribution is -0.0149. The molecule has 0 bridgehead atoms. The van der Waals surface area contributed by atoms with Crippen molar-refractivity contribution in [1.29, 1.82) is 0 Å². The molecule has 64 valence electrons. The van der Waals surface area contributed by atoms with Crippen LogP contribution in [0.5, 0.6) is 0 Å². The monoisotopic (exact) mass is 159 g/mol. The first-order valence-corrected chi connectivity index (χ1v) is 3.68. The van der Waals surface area contributed by atoms with Crippen LogP contribution in [0.15, 0.2) is 0 Å². The molecule has 0 spiro atoms. The van der Waals surface area contributed by atoms with Crippen molar-refractivity contribution in [1.82, 2.24) is 4.90 Å². The Morgan fingerprint density at radius 2 is 2.45 bits per heavy atom. The maximum atomic E-state index is 11.0. The molecule has 1 aliphatic heterocycles. The molecule has 0 aromatic rings. The molecule has 1 atom stereocenters. The molecule has 0 N–H and O–H groups in total. The van der Waals surface area contributed by atoms with Gasteiger partial charge in [0.1, 0.15) is 0 Å². The first-order valence-electron chi connectivity index (χ1n) is 3.68. The average molecular weight is 159 g/mol. The van der Waals surface area contributed by atoms with E-state index in [4.69, 9.17) is 4.74 Å². The number of hydrogen-bond acceptors (Lipinski definition) is 3. The van der Waals surface area contributed by atoms with E-state index >= 15 is 0 Å². The molecule has 0 aromatic heterocycles. The predicted molar refractivity (Wildman–Crippen MR) is 39.4 cm³/mol. The number of amides is 1.